The van der Waals surface area contributed by atoms with Crippen molar-refractivity contribution >= 4 is 27.5 Å². The second kappa shape index (κ2) is 9.62. The van der Waals surface area contributed by atoms with E-state index in [1.807, 2.05) is 0 Å². The third-order valence-electron chi connectivity index (χ3n) is 6.48. The smallest absolute Gasteiger partial charge is 0.262 e. The van der Waals surface area contributed by atoms with Crippen LogP contribution in [0.5, 0.6) is 5.75 Å². The molecule has 4 rings (SSSR count). The number of fused-ring (bicyclic) bond motifs is 1. The molecule has 0 atom stereocenters. The van der Waals surface area contributed by atoms with Crippen LogP contribution in [0.3, 0.4) is 0 Å². The molecule has 1 fully saturated rings. The van der Waals surface area contributed by atoms with E-state index in [-0.39, 0.29) is 29.2 Å². The summed E-state index contributed by atoms with van der Waals surface area (Å²) in [6.07, 6.45) is 8.96. The molecular weight excluding hydrogens is 430 g/mol. The number of rotatable bonds is 6. The lowest BCUT2D eigenvalue weighted by Gasteiger charge is -2.31. The Labute approximate surface area is 189 Å². The van der Waals surface area contributed by atoms with Gasteiger partial charge in [-0.05, 0) is 63.5 Å². The van der Waals surface area contributed by atoms with E-state index in [2.05, 4.69) is 16.7 Å². The summed E-state index contributed by atoms with van der Waals surface area (Å²) in [5.74, 6) is -0.0445. The quantitative estimate of drug-likeness (QED) is 0.634. The van der Waals surface area contributed by atoms with Gasteiger partial charge in [-0.2, -0.15) is 4.31 Å². The zero-order valence-corrected chi connectivity index (χ0v) is 19.3. The van der Waals surface area contributed by atoms with E-state index in [1.165, 1.54) is 28.8 Å². The molecule has 3 aliphatic rings. The van der Waals surface area contributed by atoms with Crippen molar-refractivity contribution < 1.29 is 22.7 Å². The van der Waals surface area contributed by atoms with Gasteiger partial charge in [0, 0.05) is 31.6 Å². The average molecular weight is 462 g/mol. The minimum Gasteiger partial charge on any atom is -0.482 e. The molecule has 174 valence electrons. The topological polar surface area (TPSA) is 105 Å². The number of amides is 2. The van der Waals surface area contributed by atoms with Crippen LogP contribution in [0, 0.1) is 12.8 Å². The highest BCUT2D eigenvalue weighted by atomic mass is 32.2. The molecule has 2 aliphatic heterocycles. The summed E-state index contributed by atoms with van der Waals surface area (Å²) in [4.78, 5) is 24.2. The third-order valence-corrected chi connectivity index (χ3v) is 8.52. The van der Waals surface area contributed by atoms with Crippen LogP contribution in [0.25, 0.3) is 0 Å². The van der Waals surface area contributed by atoms with Crippen molar-refractivity contribution in [1.29, 1.82) is 0 Å². The van der Waals surface area contributed by atoms with Crippen LogP contribution in [-0.4, -0.2) is 50.8 Å². The monoisotopic (exact) mass is 461 g/mol. The van der Waals surface area contributed by atoms with Gasteiger partial charge in [-0.3, -0.25) is 9.59 Å². The number of nitrogens with one attached hydrogen (secondary N) is 2. The number of nitrogens with zero attached hydrogens (tertiary/aromatic N) is 1. The summed E-state index contributed by atoms with van der Waals surface area (Å²) in [5.41, 5.74) is 2.46. The Morgan fingerprint density at radius 1 is 1.25 bits per heavy atom. The van der Waals surface area contributed by atoms with Crippen molar-refractivity contribution in [2.75, 3.05) is 31.6 Å². The van der Waals surface area contributed by atoms with Crippen molar-refractivity contribution in [2.45, 2.75) is 56.8 Å². The fraction of sp³-hybridized carbons (Fsp3) is 0.565. The number of carbonyl (C=O) groups is 2. The summed E-state index contributed by atoms with van der Waals surface area (Å²) in [7, 11) is -3.72. The third kappa shape index (κ3) is 4.99. The molecule has 0 bridgehead atoms. The molecule has 0 saturated carbocycles. The van der Waals surface area contributed by atoms with E-state index >= 15 is 0 Å². The summed E-state index contributed by atoms with van der Waals surface area (Å²) in [5, 5.41) is 5.73. The van der Waals surface area contributed by atoms with Crippen LogP contribution in [0.15, 0.2) is 28.7 Å². The van der Waals surface area contributed by atoms with Gasteiger partial charge < -0.3 is 15.4 Å². The lowest BCUT2D eigenvalue weighted by atomic mass is 9.96. The van der Waals surface area contributed by atoms with Crippen LogP contribution in [0.4, 0.5) is 5.69 Å². The summed E-state index contributed by atoms with van der Waals surface area (Å²) >= 11 is 0. The number of aryl methyl sites for hydroxylation is 1. The Balaban J connectivity index is 1.33. The fourth-order valence-corrected chi connectivity index (χ4v) is 6.31. The summed E-state index contributed by atoms with van der Waals surface area (Å²) in [6, 6.07) is 3.11. The van der Waals surface area contributed by atoms with Gasteiger partial charge in [0.2, 0.25) is 15.9 Å². The number of hydrogen-bond donors (Lipinski definition) is 2. The predicted molar refractivity (Wildman–Crippen MR) is 121 cm³/mol. The molecule has 0 radical (unpaired) electrons. The molecule has 32 heavy (non-hydrogen) atoms. The minimum atomic E-state index is -3.72. The highest BCUT2D eigenvalue weighted by Crippen LogP contribution is 2.35. The first-order valence-electron chi connectivity index (χ1n) is 11.4. The minimum absolute atomic E-state index is 0.0209. The largest absolute Gasteiger partial charge is 0.482 e. The SMILES string of the molecule is Cc1cc2c(cc1S(=O)(=O)N1CCC(C(=O)NCCC3=CCCCC3)CC1)OCC(=O)N2. The van der Waals surface area contributed by atoms with Gasteiger partial charge in [0.1, 0.15) is 5.75 Å². The number of hydrogen-bond acceptors (Lipinski definition) is 5. The van der Waals surface area contributed by atoms with E-state index in [4.69, 9.17) is 4.74 Å². The molecule has 2 amide bonds. The number of piperidine rings is 1. The Bertz CT molecular complexity index is 1030. The maximum atomic E-state index is 13.3. The molecule has 1 aromatic rings. The van der Waals surface area contributed by atoms with Crippen molar-refractivity contribution in [3.8, 4) is 5.75 Å². The molecule has 1 aromatic carbocycles. The molecule has 1 saturated heterocycles. The van der Waals surface area contributed by atoms with Gasteiger partial charge >= 0.3 is 0 Å². The Morgan fingerprint density at radius 2 is 2.03 bits per heavy atom. The first-order chi connectivity index (χ1) is 15.3. The van der Waals surface area contributed by atoms with E-state index in [0.29, 0.717) is 49.5 Å². The molecule has 1 aliphatic carbocycles. The maximum Gasteiger partial charge on any atom is 0.262 e. The van der Waals surface area contributed by atoms with Gasteiger partial charge in [0.25, 0.3) is 5.91 Å². The van der Waals surface area contributed by atoms with Gasteiger partial charge in [-0.25, -0.2) is 8.42 Å². The number of benzene rings is 1. The van der Waals surface area contributed by atoms with Crippen molar-refractivity contribution in [1.82, 2.24) is 9.62 Å². The van der Waals surface area contributed by atoms with Crippen LogP contribution < -0.4 is 15.4 Å². The van der Waals surface area contributed by atoms with Crippen LogP contribution in [0.2, 0.25) is 0 Å². The molecule has 9 heteroatoms. The lowest BCUT2D eigenvalue weighted by molar-refractivity contribution is -0.126. The fourth-order valence-electron chi connectivity index (χ4n) is 4.61. The first-order valence-corrected chi connectivity index (χ1v) is 12.8. The highest BCUT2D eigenvalue weighted by Gasteiger charge is 2.34. The van der Waals surface area contributed by atoms with Crippen LogP contribution in [-0.2, 0) is 19.6 Å². The summed E-state index contributed by atoms with van der Waals surface area (Å²) in [6.45, 7) is 2.83. The molecule has 0 aromatic heterocycles. The van der Waals surface area contributed by atoms with E-state index < -0.39 is 10.0 Å². The van der Waals surface area contributed by atoms with Crippen LogP contribution >= 0.6 is 0 Å². The normalized spacial score (nSPS) is 20.0. The standard InChI is InChI=1S/C23H31N3O5S/c1-16-13-19-20(31-15-22(27)25-19)14-21(16)32(29,30)26-11-8-18(9-12-26)23(28)24-10-7-17-5-3-2-4-6-17/h5,13-14,18H,2-4,6-12,15H2,1H3,(H,24,28)(H,25,27). The second-order valence-corrected chi connectivity index (χ2v) is 10.7. The molecular formula is C23H31N3O5S. The van der Waals surface area contributed by atoms with E-state index in [9.17, 15) is 18.0 Å². The Hall–Kier alpha value is -2.39. The average Bonchev–Trinajstić information content (AvgIpc) is 2.79. The zero-order chi connectivity index (χ0) is 22.7. The Morgan fingerprint density at radius 3 is 2.75 bits per heavy atom. The number of anilines is 1. The van der Waals surface area contributed by atoms with Gasteiger partial charge in [0.15, 0.2) is 6.61 Å². The predicted octanol–water partition coefficient (Wildman–Crippen LogP) is 2.73. The first kappa shape index (κ1) is 22.8. The van der Waals surface area contributed by atoms with E-state index in [0.717, 1.165) is 19.3 Å². The molecule has 0 unspecified atom stereocenters. The van der Waals surface area contributed by atoms with Gasteiger partial charge in [-0.1, -0.05) is 11.6 Å². The number of allylic oxidation sites excluding steroid dienone is 1. The number of carbonyl (C=O) groups excluding carboxylic acids is 2. The number of sulfonamides is 1. The van der Waals surface area contributed by atoms with Gasteiger partial charge in [-0.15, -0.1) is 0 Å². The lowest BCUT2D eigenvalue weighted by Crippen LogP contribution is -2.43. The van der Waals surface area contributed by atoms with Crippen molar-refractivity contribution in [2.24, 2.45) is 5.92 Å². The van der Waals surface area contributed by atoms with Crippen molar-refractivity contribution in [3.05, 3.63) is 29.3 Å². The van der Waals surface area contributed by atoms with Gasteiger partial charge in [0.05, 0.1) is 10.6 Å². The van der Waals surface area contributed by atoms with Crippen molar-refractivity contribution in [3.63, 3.8) is 0 Å². The maximum absolute atomic E-state index is 13.3. The molecule has 8 nitrogen and oxygen atoms in total. The zero-order valence-electron chi connectivity index (χ0n) is 18.5. The van der Waals surface area contributed by atoms with E-state index in [1.54, 1.807) is 13.0 Å². The molecule has 2 heterocycles. The van der Waals surface area contributed by atoms with Crippen LogP contribution in [0.1, 0.15) is 50.5 Å². The number of ether oxygens (including phenoxy) is 1. The summed E-state index contributed by atoms with van der Waals surface area (Å²) < 4.78 is 33.4. The highest BCUT2D eigenvalue weighted by molar-refractivity contribution is 7.89. The second-order valence-electron chi connectivity index (χ2n) is 8.78. The Kier molecular flexibility index (Phi) is 6.85. The molecule has 0 spiro atoms. The molecule has 2 N–H and O–H groups in total.